The van der Waals surface area contributed by atoms with Gasteiger partial charge in [-0.3, -0.25) is 0 Å². The maximum atomic E-state index is 6.52. The van der Waals surface area contributed by atoms with Crippen LogP contribution in [0.5, 0.6) is 0 Å². The van der Waals surface area contributed by atoms with Gasteiger partial charge in [0.15, 0.2) is 0 Å². The number of hydrogen-bond acceptors (Lipinski definition) is 1. The number of hydrogen-bond donors (Lipinski definition) is 1. The van der Waals surface area contributed by atoms with Gasteiger partial charge >= 0.3 is 0 Å². The highest BCUT2D eigenvalue weighted by molar-refractivity contribution is 5.30. The lowest BCUT2D eigenvalue weighted by atomic mass is 9.59. The Hall–Kier alpha value is -0.820. The molecular formula is C16H23N. The van der Waals surface area contributed by atoms with Crippen LogP contribution >= 0.6 is 0 Å². The summed E-state index contributed by atoms with van der Waals surface area (Å²) in [5.41, 5.74) is 8.32. The van der Waals surface area contributed by atoms with Crippen molar-refractivity contribution < 1.29 is 0 Å². The normalized spacial score (nSPS) is 24.1. The van der Waals surface area contributed by atoms with E-state index < -0.39 is 0 Å². The molecule has 0 aliphatic heterocycles. The highest BCUT2D eigenvalue weighted by Gasteiger charge is 2.43. The maximum absolute atomic E-state index is 6.52. The fourth-order valence-electron chi connectivity index (χ4n) is 3.30. The highest BCUT2D eigenvalue weighted by Crippen LogP contribution is 2.47. The molecule has 1 unspecified atom stereocenters. The van der Waals surface area contributed by atoms with Crippen molar-refractivity contribution in [2.24, 2.45) is 11.7 Å². The van der Waals surface area contributed by atoms with Crippen molar-refractivity contribution in [2.45, 2.75) is 56.4 Å². The molecule has 2 aliphatic rings. The summed E-state index contributed by atoms with van der Waals surface area (Å²) in [6.45, 7) is 0. The first-order valence-corrected chi connectivity index (χ1v) is 7.12. The zero-order chi connectivity index (χ0) is 11.7. The standard InChI is InChI=1S/C16H23N/c17-15(10-9-13-7-8-13)16(11-4-12-16)14-5-2-1-3-6-14/h1-3,5-6,13,15H,4,7-12,17H2. The van der Waals surface area contributed by atoms with E-state index in [0.29, 0.717) is 11.5 Å². The van der Waals surface area contributed by atoms with Crippen molar-refractivity contribution in [3.8, 4) is 0 Å². The first-order chi connectivity index (χ1) is 8.31. The maximum Gasteiger partial charge on any atom is 0.0136 e. The molecule has 17 heavy (non-hydrogen) atoms. The van der Waals surface area contributed by atoms with Crippen molar-refractivity contribution in [3.05, 3.63) is 35.9 Å². The van der Waals surface area contributed by atoms with Crippen molar-refractivity contribution >= 4 is 0 Å². The Kier molecular flexibility index (Phi) is 2.96. The van der Waals surface area contributed by atoms with Crippen LogP contribution in [0.2, 0.25) is 0 Å². The van der Waals surface area contributed by atoms with Crippen LogP contribution in [0, 0.1) is 5.92 Å². The topological polar surface area (TPSA) is 26.0 Å². The van der Waals surface area contributed by atoms with Gasteiger partial charge in [-0.15, -0.1) is 0 Å². The van der Waals surface area contributed by atoms with E-state index >= 15 is 0 Å². The summed E-state index contributed by atoms with van der Waals surface area (Å²) in [6.07, 6.45) is 9.42. The highest BCUT2D eigenvalue weighted by atomic mass is 14.7. The monoisotopic (exact) mass is 229 g/mol. The van der Waals surface area contributed by atoms with E-state index in [-0.39, 0.29) is 0 Å². The molecule has 0 bridgehead atoms. The molecule has 1 atom stereocenters. The predicted molar refractivity (Wildman–Crippen MR) is 71.9 cm³/mol. The van der Waals surface area contributed by atoms with Gasteiger partial charge in [0.1, 0.15) is 0 Å². The molecule has 2 aliphatic carbocycles. The minimum atomic E-state index is 0.316. The molecule has 0 spiro atoms. The van der Waals surface area contributed by atoms with Crippen LogP contribution < -0.4 is 5.73 Å². The Bertz CT molecular complexity index is 362. The molecule has 0 saturated heterocycles. The van der Waals surface area contributed by atoms with Gasteiger partial charge in [0.25, 0.3) is 0 Å². The van der Waals surface area contributed by atoms with Crippen molar-refractivity contribution in [3.63, 3.8) is 0 Å². The third-order valence-electron chi connectivity index (χ3n) is 4.89. The molecule has 2 N–H and O–H groups in total. The smallest absolute Gasteiger partial charge is 0.0136 e. The van der Waals surface area contributed by atoms with E-state index in [4.69, 9.17) is 5.73 Å². The van der Waals surface area contributed by atoms with E-state index in [1.807, 2.05) is 0 Å². The van der Waals surface area contributed by atoms with Gasteiger partial charge in [-0.2, -0.15) is 0 Å². The van der Waals surface area contributed by atoms with Crippen LogP contribution in [-0.2, 0) is 5.41 Å². The second-order valence-electron chi connectivity index (χ2n) is 6.00. The Morgan fingerprint density at radius 1 is 1.18 bits per heavy atom. The second-order valence-corrected chi connectivity index (χ2v) is 6.00. The molecule has 2 saturated carbocycles. The van der Waals surface area contributed by atoms with Crippen molar-refractivity contribution in [2.75, 3.05) is 0 Å². The lowest BCUT2D eigenvalue weighted by Crippen LogP contribution is -2.50. The lowest BCUT2D eigenvalue weighted by Gasteiger charge is -2.47. The van der Waals surface area contributed by atoms with Crippen LogP contribution in [0.4, 0.5) is 0 Å². The molecule has 2 fully saturated rings. The third-order valence-corrected chi connectivity index (χ3v) is 4.89. The van der Waals surface area contributed by atoms with Crippen LogP contribution in [0.25, 0.3) is 0 Å². The molecule has 0 amide bonds. The molecule has 0 radical (unpaired) electrons. The summed E-state index contributed by atoms with van der Waals surface area (Å²) >= 11 is 0. The Balaban J connectivity index is 1.71. The van der Waals surface area contributed by atoms with E-state index in [2.05, 4.69) is 30.3 Å². The number of benzene rings is 1. The minimum Gasteiger partial charge on any atom is -0.327 e. The fraction of sp³-hybridized carbons (Fsp3) is 0.625. The molecular weight excluding hydrogens is 206 g/mol. The zero-order valence-electron chi connectivity index (χ0n) is 10.6. The van der Waals surface area contributed by atoms with Gasteiger partial charge in [0.05, 0.1) is 0 Å². The number of nitrogens with two attached hydrogens (primary N) is 1. The Morgan fingerprint density at radius 3 is 2.41 bits per heavy atom. The first-order valence-electron chi connectivity index (χ1n) is 7.12. The largest absolute Gasteiger partial charge is 0.327 e. The molecule has 3 rings (SSSR count). The van der Waals surface area contributed by atoms with Gasteiger partial charge in [-0.1, -0.05) is 49.6 Å². The summed E-state index contributed by atoms with van der Waals surface area (Å²) in [5, 5.41) is 0. The molecule has 1 heteroatoms. The van der Waals surface area contributed by atoms with Crippen LogP contribution in [0.15, 0.2) is 30.3 Å². The summed E-state index contributed by atoms with van der Waals surface area (Å²) in [6, 6.07) is 11.3. The van der Waals surface area contributed by atoms with Crippen molar-refractivity contribution in [1.29, 1.82) is 0 Å². The quantitative estimate of drug-likeness (QED) is 0.820. The molecule has 1 aromatic rings. The molecule has 0 aromatic heterocycles. The van der Waals surface area contributed by atoms with Gasteiger partial charge in [0.2, 0.25) is 0 Å². The minimum absolute atomic E-state index is 0.316. The second kappa shape index (κ2) is 4.45. The number of rotatable bonds is 5. The zero-order valence-corrected chi connectivity index (χ0v) is 10.6. The van der Waals surface area contributed by atoms with Crippen LogP contribution in [0.3, 0.4) is 0 Å². The van der Waals surface area contributed by atoms with Crippen molar-refractivity contribution in [1.82, 2.24) is 0 Å². The summed E-state index contributed by atoms with van der Waals surface area (Å²) < 4.78 is 0. The summed E-state index contributed by atoms with van der Waals surface area (Å²) in [7, 11) is 0. The fourth-order valence-corrected chi connectivity index (χ4v) is 3.30. The molecule has 1 aromatic carbocycles. The van der Waals surface area contributed by atoms with E-state index in [0.717, 1.165) is 5.92 Å². The van der Waals surface area contributed by atoms with Gasteiger partial charge in [-0.25, -0.2) is 0 Å². The van der Waals surface area contributed by atoms with E-state index in [1.54, 1.807) is 0 Å². The van der Waals surface area contributed by atoms with E-state index in [1.165, 1.54) is 50.5 Å². The SMILES string of the molecule is NC(CCC1CC1)C1(c2ccccc2)CCC1. The first kappa shape index (κ1) is 11.3. The van der Waals surface area contributed by atoms with Crippen LogP contribution in [0.1, 0.15) is 50.5 Å². The summed E-state index contributed by atoms with van der Waals surface area (Å²) in [4.78, 5) is 0. The predicted octanol–water partition coefficient (Wildman–Crippen LogP) is 3.63. The average Bonchev–Trinajstić information content (AvgIpc) is 3.10. The van der Waals surface area contributed by atoms with Crippen LogP contribution in [-0.4, -0.2) is 6.04 Å². The molecule has 0 heterocycles. The Labute approximate surface area is 104 Å². The van der Waals surface area contributed by atoms with Gasteiger partial charge < -0.3 is 5.73 Å². The lowest BCUT2D eigenvalue weighted by molar-refractivity contribution is 0.185. The molecule has 92 valence electrons. The Morgan fingerprint density at radius 2 is 1.88 bits per heavy atom. The van der Waals surface area contributed by atoms with Gasteiger partial charge in [0, 0.05) is 11.5 Å². The summed E-state index contributed by atoms with van der Waals surface area (Å²) in [5.74, 6) is 1.01. The molecule has 1 nitrogen and oxygen atoms in total. The van der Waals surface area contributed by atoms with E-state index in [9.17, 15) is 0 Å². The average molecular weight is 229 g/mol. The van der Waals surface area contributed by atoms with Gasteiger partial charge in [-0.05, 0) is 37.2 Å². The third kappa shape index (κ3) is 2.13.